The largest absolute Gasteiger partial charge is 0.471 e. The van der Waals surface area contributed by atoms with Gasteiger partial charge in [0.25, 0.3) is 6.47 Å². The van der Waals surface area contributed by atoms with Crippen LogP contribution in [0.25, 0.3) is 0 Å². The maximum Gasteiger partial charge on any atom is 0.414 e. The number of amides is 3. The van der Waals surface area contributed by atoms with Gasteiger partial charge >= 0.3 is 12.1 Å². The van der Waals surface area contributed by atoms with Gasteiger partial charge in [-0.1, -0.05) is 12.1 Å². The van der Waals surface area contributed by atoms with Gasteiger partial charge in [0.2, 0.25) is 0 Å². The molecule has 190 valence electrons. The van der Waals surface area contributed by atoms with Gasteiger partial charge in [-0.25, -0.2) is 19.0 Å². The van der Waals surface area contributed by atoms with Gasteiger partial charge in [0.1, 0.15) is 17.7 Å². The van der Waals surface area contributed by atoms with Crippen molar-refractivity contribution < 1.29 is 28.2 Å². The van der Waals surface area contributed by atoms with Gasteiger partial charge < -0.3 is 30.7 Å². The summed E-state index contributed by atoms with van der Waals surface area (Å²) in [5, 5.41) is 12.9. The highest BCUT2D eigenvalue weighted by Gasteiger charge is 2.34. The summed E-state index contributed by atoms with van der Waals surface area (Å²) in [5.41, 5.74) is 6.22. The van der Waals surface area contributed by atoms with Crippen molar-refractivity contribution in [3.05, 3.63) is 47.6 Å². The smallest absolute Gasteiger partial charge is 0.414 e. The van der Waals surface area contributed by atoms with Crippen molar-refractivity contribution >= 4 is 30.8 Å². The zero-order valence-electron chi connectivity index (χ0n) is 19.6. The molecule has 2 aliphatic rings. The molecule has 1 saturated heterocycles. The third-order valence-electron chi connectivity index (χ3n) is 5.17. The Balaban J connectivity index is 0.00000100. The first-order valence-electron chi connectivity index (χ1n) is 10.8. The number of likely N-dealkylation sites (N-methyl/N-ethyl adjacent to an activating group) is 1. The van der Waals surface area contributed by atoms with E-state index in [0.29, 0.717) is 49.6 Å². The Morgan fingerprint density at radius 3 is 2.77 bits per heavy atom. The number of nitrogens with zero attached hydrogens (tertiary/aromatic N) is 3. The van der Waals surface area contributed by atoms with E-state index in [9.17, 15) is 14.0 Å². The van der Waals surface area contributed by atoms with Gasteiger partial charge in [-0.05, 0) is 31.2 Å². The van der Waals surface area contributed by atoms with Gasteiger partial charge in [0, 0.05) is 37.4 Å². The first-order chi connectivity index (χ1) is 16.8. The fourth-order valence-electron chi connectivity index (χ4n) is 3.52. The summed E-state index contributed by atoms with van der Waals surface area (Å²) in [6, 6.07) is 2.81. The SMILES string of the molecule is CNCC1CN(C2=CCC(c3ccc(N(C=N)CCNC(N)=O)nc3)C(F)=C2)C(=O)O1.COC=O. The molecule has 0 spiro atoms. The highest BCUT2D eigenvalue weighted by atomic mass is 19.1. The number of hydrogen-bond acceptors (Lipinski definition) is 8. The molecule has 0 aromatic carbocycles. The van der Waals surface area contributed by atoms with Crippen LogP contribution in [0.5, 0.6) is 0 Å². The van der Waals surface area contributed by atoms with E-state index < -0.39 is 18.0 Å². The van der Waals surface area contributed by atoms with Crippen molar-refractivity contribution in [1.82, 2.24) is 20.5 Å². The lowest BCUT2D eigenvalue weighted by molar-refractivity contribution is -0.126. The molecule has 35 heavy (non-hydrogen) atoms. The van der Waals surface area contributed by atoms with E-state index in [4.69, 9.17) is 20.7 Å². The Kier molecular flexibility index (Phi) is 10.6. The lowest BCUT2D eigenvalue weighted by Crippen LogP contribution is -2.37. The van der Waals surface area contributed by atoms with E-state index in [-0.39, 0.29) is 18.5 Å². The Labute approximate surface area is 202 Å². The van der Waals surface area contributed by atoms with E-state index in [2.05, 4.69) is 20.4 Å². The summed E-state index contributed by atoms with van der Waals surface area (Å²) in [6.45, 7) is 1.87. The maximum absolute atomic E-state index is 14.9. The average Bonchev–Trinajstić information content (AvgIpc) is 3.22. The Bertz CT molecular complexity index is 954. The average molecular weight is 492 g/mol. The lowest BCUT2D eigenvalue weighted by Gasteiger charge is -2.23. The fraction of sp³-hybridized carbons (Fsp3) is 0.409. The van der Waals surface area contributed by atoms with Crippen LogP contribution in [0.1, 0.15) is 17.9 Å². The predicted molar refractivity (Wildman–Crippen MR) is 127 cm³/mol. The molecule has 1 aliphatic heterocycles. The molecule has 2 heterocycles. The van der Waals surface area contributed by atoms with E-state index in [0.717, 1.165) is 6.34 Å². The zero-order valence-corrected chi connectivity index (χ0v) is 19.6. The molecule has 1 fully saturated rings. The van der Waals surface area contributed by atoms with E-state index in [1.54, 1.807) is 25.4 Å². The molecule has 3 rings (SSSR count). The summed E-state index contributed by atoms with van der Waals surface area (Å²) < 4.78 is 24.0. The number of cyclic esters (lactones) is 1. The summed E-state index contributed by atoms with van der Waals surface area (Å²) >= 11 is 0. The topological polar surface area (TPSA) is 163 Å². The van der Waals surface area contributed by atoms with Gasteiger partial charge in [-0.2, -0.15) is 0 Å². The van der Waals surface area contributed by atoms with Crippen LogP contribution in [-0.4, -0.2) is 81.3 Å². The normalized spacial score (nSPS) is 18.8. The number of anilines is 1. The fourth-order valence-corrected chi connectivity index (χ4v) is 3.52. The molecule has 5 N–H and O–H groups in total. The van der Waals surface area contributed by atoms with Crippen LogP contribution in [0.2, 0.25) is 0 Å². The monoisotopic (exact) mass is 491 g/mol. The molecule has 0 saturated carbocycles. The quantitative estimate of drug-likeness (QED) is 0.216. The Morgan fingerprint density at radius 1 is 1.49 bits per heavy atom. The molecule has 1 aromatic heterocycles. The molecule has 2 atom stereocenters. The number of carbonyl (C=O) groups is 3. The van der Waals surface area contributed by atoms with Crippen LogP contribution in [0.4, 0.5) is 19.8 Å². The predicted octanol–water partition coefficient (Wildman–Crippen LogP) is 1.22. The number of aromatic nitrogens is 1. The molecule has 0 bridgehead atoms. The minimum Gasteiger partial charge on any atom is -0.471 e. The van der Waals surface area contributed by atoms with Crippen LogP contribution in [0, 0.1) is 5.41 Å². The van der Waals surface area contributed by atoms with Gasteiger partial charge in [0.15, 0.2) is 0 Å². The third-order valence-corrected chi connectivity index (χ3v) is 5.17. The number of halogens is 1. The number of methoxy groups -OCH3 is 1. The highest BCUT2D eigenvalue weighted by molar-refractivity contribution is 5.76. The summed E-state index contributed by atoms with van der Waals surface area (Å²) in [6.07, 6.45) is 5.50. The first-order valence-corrected chi connectivity index (χ1v) is 10.8. The minimum absolute atomic E-state index is 0.260. The molecule has 12 nitrogen and oxygen atoms in total. The number of primary amides is 1. The van der Waals surface area contributed by atoms with Crippen LogP contribution >= 0.6 is 0 Å². The van der Waals surface area contributed by atoms with Crippen LogP contribution in [0.15, 0.2) is 42.0 Å². The lowest BCUT2D eigenvalue weighted by atomic mass is 9.91. The molecule has 3 amide bonds. The van der Waals surface area contributed by atoms with Crippen LogP contribution in [0.3, 0.4) is 0 Å². The van der Waals surface area contributed by atoms with Crippen molar-refractivity contribution in [2.45, 2.75) is 18.4 Å². The number of urea groups is 1. The highest BCUT2D eigenvalue weighted by Crippen LogP contribution is 2.35. The molecular weight excluding hydrogens is 461 g/mol. The van der Waals surface area contributed by atoms with Crippen molar-refractivity contribution in [2.24, 2.45) is 5.73 Å². The van der Waals surface area contributed by atoms with Crippen molar-refractivity contribution in [3.8, 4) is 0 Å². The molecular formula is C22H30FN7O5. The van der Waals surface area contributed by atoms with Crippen molar-refractivity contribution in [3.63, 3.8) is 0 Å². The summed E-state index contributed by atoms with van der Waals surface area (Å²) in [5.74, 6) is -0.356. The molecule has 13 heteroatoms. The number of rotatable bonds is 10. The summed E-state index contributed by atoms with van der Waals surface area (Å²) in [4.78, 5) is 39.1. The number of allylic oxidation sites excluding steroid dienone is 3. The van der Waals surface area contributed by atoms with Gasteiger partial charge in [-0.3, -0.25) is 15.1 Å². The third kappa shape index (κ3) is 7.78. The second kappa shape index (κ2) is 13.6. The van der Waals surface area contributed by atoms with Crippen molar-refractivity contribution in [2.75, 3.05) is 45.2 Å². The number of hydrogen-bond donors (Lipinski definition) is 4. The zero-order chi connectivity index (χ0) is 25.8. The number of carbonyl (C=O) groups excluding carboxylic acids is 3. The molecule has 1 aromatic rings. The molecule has 1 aliphatic carbocycles. The Morgan fingerprint density at radius 2 is 2.23 bits per heavy atom. The van der Waals surface area contributed by atoms with E-state index in [1.807, 2.05) is 6.08 Å². The summed E-state index contributed by atoms with van der Waals surface area (Å²) in [7, 11) is 3.09. The second-order valence-corrected chi connectivity index (χ2v) is 7.52. The maximum atomic E-state index is 14.9. The number of ether oxygens (including phenoxy) is 2. The van der Waals surface area contributed by atoms with Gasteiger partial charge in [0.05, 0.1) is 20.0 Å². The number of pyridine rings is 1. The first kappa shape index (κ1) is 27.2. The van der Waals surface area contributed by atoms with Crippen LogP contribution < -0.4 is 21.3 Å². The number of nitrogens with two attached hydrogens (primary N) is 1. The number of nitrogens with one attached hydrogen (secondary N) is 3. The second-order valence-electron chi connectivity index (χ2n) is 7.52. The molecule has 0 radical (unpaired) electrons. The van der Waals surface area contributed by atoms with Crippen molar-refractivity contribution in [1.29, 1.82) is 5.41 Å². The molecule has 2 unspecified atom stereocenters. The van der Waals surface area contributed by atoms with E-state index in [1.165, 1.54) is 23.0 Å². The van der Waals surface area contributed by atoms with E-state index >= 15 is 0 Å². The van der Waals surface area contributed by atoms with Crippen LogP contribution in [-0.2, 0) is 14.3 Å². The minimum atomic E-state index is -0.639. The Hall–Kier alpha value is -4.00. The standard InChI is InChI=1S/C20H26FN7O3.C2H4O2/c1-24-10-15-11-28(20(30)31-15)14-3-4-16(17(21)8-14)13-2-5-18(26-9-13)27(12-22)7-6-25-19(23)29;1-4-2-3/h2-3,5,8-9,12,15-16,22,24H,4,6-7,10-11H2,1H3,(H3,23,25,29);2H,1H3. The van der Waals surface area contributed by atoms with Gasteiger partial charge in [-0.15, -0.1) is 0 Å².